The van der Waals surface area contributed by atoms with Gasteiger partial charge in [-0.05, 0) is 11.6 Å². The molecule has 160 valence electrons. The fourth-order valence-corrected chi connectivity index (χ4v) is 2.56. The van der Waals surface area contributed by atoms with Gasteiger partial charge in [0.2, 0.25) is 0 Å². The summed E-state index contributed by atoms with van der Waals surface area (Å²) in [5.74, 6) is 0.863. The van der Waals surface area contributed by atoms with E-state index >= 15 is 0 Å². The Morgan fingerprint density at radius 2 is 1.00 bits per heavy atom. The second-order valence-corrected chi connectivity index (χ2v) is 6.15. The van der Waals surface area contributed by atoms with Gasteiger partial charge < -0.3 is 28.4 Å². The van der Waals surface area contributed by atoms with E-state index in [4.69, 9.17) is 28.4 Å². The van der Waals surface area contributed by atoms with E-state index < -0.39 is 0 Å². The summed E-state index contributed by atoms with van der Waals surface area (Å²) in [6.45, 7) is 5.50. The van der Waals surface area contributed by atoms with Crippen molar-refractivity contribution in [3.05, 3.63) is 54.6 Å². The topological polar surface area (TPSA) is 55.4 Å². The first-order valence-electron chi connectivity index (χ1n) is 9.99. The van der Waals surface area contributed by atoms with Crippen LogP contribution in [0, 0.1) is 0 Å². The molecule has 0 N–H and O–H groups in total. The number of hydrogen-bond donors (Lipinski definition) is 0. The first-order chi connectivity index (χ1) is 14.4. The zero-order chi connectivity index (χ0) is 20.4. The molecular weight excluding hydrogens is 372 g/mol. The van der Waals surface area contributed by atoms with Crippen molar-refractivity contribution in [3.8, 4) is 16.9 Å². The van der Waals surface area contributed by atoms with Crippen LogP contribution < -0.4 is 4.74 Å². The highest BCUT2D eigenvalue weighted by atomic mass is 16.6. The van der Waals surface area contributed by atoms with Gasteiger partial charge in [0.25, 0.3) is 0 Å². The van der Waals surface area contributed by atoms with Crippen LogP contribution in [0.1, 0.15) is 0 Å². The van der Waals surface area contributed by atoms with Crippen LogP contribution in [0.25, 0.3) is 11.1 Å². The van der Waals surface area contributed by atoms with Crippen LogP contribution in [0.2, 0.25) is 0 Å². The minimum atomic E-state index is 0.496. The molecule has 0 atom stereocenters. The summed E-state index contributed by atoms with van der Waals surface area (Å²) in [6, 6.07) is 18.2. The monoisotopic (exact) mass is 404 g/mol. The van der Waals surface area contributed by atoms with E-state index in [0.29, 0.717) is 66.1 Å². The minimum absolute atomic E-state index is 0.496. The Morgan fingerprint density at radius 1 is 0.517 bits per heavy atom. The van der Waals surface area contributed by atoms with Gasteiger partial charge in [0, 0.05) is 12.7 Å². The van der Waals surface area contributed by atoms with Crippen molar-refractivity contribution in [2.75, 3.05) is 73.2 Å². The normalized spacial score (nSPS) is 10.9. The van der Waals surface area contributed by atoms with Gasteiger partial charge >= 0.3 is 0 Å². The van der Waals surface area contributed by atoms with Crippen molar-refractivity contribution in [3.63, 3.8) is 0 Å². The fraction of sp³-hybridized carbons (Fsp3) is 0.478. The molecule has 0 aromatic heterocycles. The minimum Gasteiger partial charge on any atom is -0.491 e. The molecule has 0 bridgehead atoms. The lowest BCUT2D eigenvalue weighted by Gasteiger charge is -2.12. The fourth-order valence-electron chi connectivity index (χ4n) is 2.56. The van der Waals surface area contributed by atoms with Gasteiger partial charge in [-0.3, -0.25) is 0 Å². The predicted molar refractivity (Wildman–Crippen MR) is 113 cm³/mol. The molecule has 0 spiro atoms. The summed E-state index contributed by atoms with van der Waals surface area (Å²) in [4.78, 5) is 0. The molecule has 0 fully saturated rings. The van der Waals surface area contributed by atoms with Crippen LogP contribution >= 0.6 is 0 Å². The molecule has 0 radical (unpaired) electrons. The summed E-state index contributed by atoms with van der Waals surface area (Å²) >= 11 is 0. The van der Waals surface area contributed by atoms with E-state index in [1.54, 1.807) is 7.11 Å². The summed E-state index contributed by atoms with van der Waals surface area (Å²) in [6.07, 6.45) is 0. The zero-order valence-electron chi connectivity index (χ0n) is 17.2. The quantitative estimate of drug-likeness (QED) is 0.377. The molecule has 0 saturated heterocycles. The second-order valence-electron chi connectivity index (χ2n) is 6.15. The molecule has 0 heterocycles. The van der Waals surface area contributed by atoms with Gasteiger partial charge in [0.1, 0.15) is 12.4 Å². The summed E-state index contributed by atoms with van der Waals surface area (Å²) < 4.78 is 32.5. The second kappa shape index (κ2) is 15.9. The molecule has 29 heavy (non-hydrogen) atoms. The van der Waals surface area contributed by atoms with E-state index in [9.17, 15) is 0 Å². The number of ether oxygens (including phenoxy) is 6. The van der Waals surface area contributed by atoms with Crippen molar-refractivity contribution in [2.24, 2.45) is 0 Å². The van der Waals surface area contributed by atoms with Gasteiger partial charge in [-0.1, -0.05) is 48.5 Å². The van der Waals surface area contributed by atoms with E-state index in [0.717, 1.165) is 16.9 Å². The Labute approximate surface area is 173 Å². The Kier molecular flexibility index (Phi) is 12.8. The Hall–Kier alpha value is -1.96. The molecule has 0 saturated carbocycles. The van der Waals surface area contributed by atoms with Crippen LogP contribution in [-0.2, 0) is 23.7 Å². The van der Waals surface area contributed by atoms with Crippen LogP contribution in [0.5, 0.6) is 5.75 Å². The van der Waals surface area contributed by atoms with E-state index in [-0.39, 0.29) is 0 Å². The highest BCUT2D eigenvalue weighted by molar-refractivity contribution is 5.70. The number of hydrogen-bond acceptors (Lipinski definition) is 6. The molecule has 2 rings (SSSR count). The third-order valence-corrected chi connectivity index (χ3v) is 4.00. The molecule has 2 aromatic carbocycles. The molecule has 0 amide bonds. The van der Waals surface area contributed by atoms with E-state index in [1.807, 2.05) is 36.4 Å². The van der Waals surface area contributed by atoms with Gasteiger partial charge in [0.05, 0.1) is 59.5 Å². The van der Waals surface area contributed by atoms with Crippen molar-refractivity contribution >= 4 is 0 Å². The van der Waals surface area contributed by atoms with Gasteiger partial charge in [-0.25, -0.2) is 0 Å². The molecular formula is C23H32O6. The van der Waals surface area contributed by atoms with Crippen LogP contribution in [0.3, 0.4) is 0 Å². The largest absolute Gasteiger partial charge is 0.491 e. The lowest BCUT2D eigenvalue weighted by molar-refractivity contribution is -0.00977. The number of benzene rings is 2. The standard InChI is InChI=1S/C23H32O6/c1-24-11-12-25-13-14-26-15-16-27-17-18-28-19-20-29-23-10-6-5-9-22(23)21-7-3-2-4-8-21/h2-10H,11-20H2,1H3. The molecule has 6 nitrogen and oxygen atoms in total. The summed E-state index contributed by atoms with van der Waals surface area (Å²) in [5, 5.41) is 0. The maximum Gasteiger partial charge on any atom is 0.127 e. The zero-order valence-corrected chi connectivity index (χ0v) is 17.2. The molecule has 0 aliphatic carbocycles. The Bertz CT molecular complexity index is 634. The van der Waals surface area contributed by atoms with Crippen LogP contribution in [0.15, 0.2) is 54.6 Å². The maximum atomic E-state index is 5.89. The average molecular weight is 405 g/mol. The van der Waals surface area contributed by atoms with Crippen molar-refractivity contribution in [2.45, 2.75) is 0 Å². The smallest absolute Gasteiger partial charge is 0.127 e. The van der Waals surface area contributed by atoms with Crippen molar-refractivity contribution < 1.29 is 28.4 Å². The number of para-hydroxylation sites is 1. The molecule has 2 aromatic rings. The molecule has 6 heteroatoms. The first kappa shape index (κ1) is 23.3. The molecule has 0 unspecified atom stereocenters. The van der Waals surface area contributed by atoms with Crippen molar-refractivity contribution in [1.82, 2.24) is 0 Å². The third-order valence-electron chi connectivity index (χ3n) is 4.00. The summed E-state index contributed by atoms with van der Waals surface area (Å²) in [5.41, 5.74) is 2.22. The van der Waals surface area contributed by atoms with Crippen LogP contribution in [-0.4, -0.2) is 73.2 Å². The maximum absolute atomic E-state index is 5.89. The van der Waals surface area contributed by atoms with Gasteiger partial charge in [-0.2, -0.15) is 0 Å². The lowest BCUT2D eigenvalue weighted by atomic mass is 10.1. The average Bonchev–Trinajstić information content (AvgIpc) is 2.77. The number of rotatable bonds is 17. The van der Waals surface area contributed by atoms with E-state index in [1.165, 1.54) is 0 Å². The number of methoxy groups -OCH3 is 1. The third kappa shape index (κ3) is 10.4. The highest BCUT2D eigenvalue weighted by Gasteiger charge is 2.05. The van der Waals surface area contributed by atoms with Crippen molar-refractivity contribution in [1.29, 1.82) is 0 Å². The highest BCUT2D eigenvalue weighted by Crippen LogP contribution is 2.29. The Morgan fingerprint density at radius 3 is 1.59 bits per heavy atom. The van der Waals surface area contributed by atoms with Gasteiger partial charge in [0.15, 0.2) is 0 Å². The molecule has 0 aliphatic rings. The lowest BCUT2D eigenvalue weighted by Crippen LogP contribution is -2.14. The predicted octanol–water partition coefficient (Wildman–Crippen LogP) is 3.45. The summed E-state index contributed by atoms with van der Waals surface area (Å²) in [7, 11) is 1.65. The Balaban J connectivity index is 1.45. The SMILES string of the molecule is COCCOCCOCCOCCOCCOc1ccccc1-c1ccccc1. The van der Waals surface area contributed by atoms with Gasteiger partial charge in [-0.15, -0.1) is 0 Å². The van der Waals surface area contributed by atoms with Crippen LogP contribution in [0.4, 0.5) is 0 Å². The van der Waals surface area contributed by atoms with E-state index in [2.05, 4.69) is 18.2 Å². The molecule has 0 aliphatic heterocycles. The first-order valence-corrected chi connectivity index (χ1v) is 9.99.